The van der Waals surface area contributed by atoms with Gasteiger partial charge in [-0.05, 0) is 43.4 Å². The van der Waals surface area contributed by atoms with Gasteiger partial charge in [0.05, 0.1) is 7.11 Å². The van der Waals surface area contributed by atoms with E-state index in [2.05, 4.69) is 20.3 Å². The van der Waals surface area contributed by atoms with Crippen molar-refractivity contribution < 1.29 is 14.3 Å². The van der Waals surface area contributed by atoms with Gasteiger partial charge in [0.2, 0.25) is 5.91 Å². The highest BCUT2D eigenvalue weighted by Gasteiger charge is 2.44. The molecule has 3 aliphatic rings. The first-order chi connectivity index (χ1) is 11.5. The van der Waals surface area contributed by atoms with E-state index in [4.69, 9.17) is 0 Å². The maximum atomic E-state index is 12.8. The Morgan fingerprint density at radius 2 is 1.71 bits per heavy atom. The highest BCUT2D eigenvalue weighted by Crippen LogP contribution is 2.39. The molecule has 2 amide bonds. The normalized spacial score (nSPS) is 31.4. The van der Waals surface area contributed by atoms with Crippen molar-refractivity contribution in [2.75, 3.05) is 20.2 Å². The maximum Gasteiger partial charge on any atom is 0.407 e. The van der Waals surface area contributed by atoms with Gasteiger partial charge in [0.25, 0.3) is 0 Å². The molecular weight excluding hydrogens is 306 g/mol. The monoisotopic (exact) mass is 337 g/mol. The van der Waals surface area contributed by atoms with Crippen LogP contribution in [-0.4, -0.2) is 55.2 Å². The lowest BCUT2D eigenvalue weighted by Crippen LogP contribution is -2.61. The molecule has 2 saturated carbocycles. The molecule has 3 rings (SSSR count). The number of amides is 2. The van der Waals surface area contributed by atoms with E-state index < -0.39 is 12.1 Å². The third kappa shape index (κ3) is 3.85. The molecule has 6 nitrogen and oxygen atoms in total. The molecule has 1 saturated heterocycles. The van der Waals surface area contributed by atoms with E-state index in [1.807, 2.05) is 13.8 Å². The van der Waals surface area contributed by atoms with E-state index in [9.17, 15) is 9.59 Å². The van der Waals surface area contributed by atoms with Crippen LogP contribution in [0.4, 0.5) is 4.79 Å². The highest BCUT2D eigenvalue weighted by molar-refractivity contribution is 5.86. The first-order valence-corrected chi connectivity index (χ1v) is 9.38. The Morgan fingerprint density at radius 3 is 2.21 bits per heavy atom. The molecule has 2 N–H and O–H groups in total. The number of methoxy groups -OCH3 is 1. The van der Waals surface area contributed by atoms with Gasteiger partial charge in [-0.3, -0.25) is 9.69 Å². The number of nitrogens with zero attached hydrogens (tertiary/aromatic N) is 1. The van der Waals surface area contributed by atoms with Gasteiger partial charge < -0.3 is 15.4 Å². The average molecular weight is 337 g/mol. The molecule has 0 aromatic rings. The predicted octanol–water partition coefficient (Wildman–Crippen LogP) is 1.75. The van der Waals surface area contributed by atoms with Crippen molar-refractivity contribution in [3.05, 3.63) is 0 Å². The summed E-state index contributed by atoms with van der Waals surface area (Å²) in [7, 11) is 1.32. The highest BCUT2D eigenvalue weighted by atomic mass is 16.5. The van der Waals surface area contributed by atoms with Gasteiger partial charge in [-0.1, -0.05) is 20.3 Å². The minimum atomic E-state index is -0.549. The Labute approximate surface area is 144 Å². The summed E-state index contributed by atoms with van der Waals surface area (Å²) in [6, 6.07) is 0.510. The minimum Gasteiger partial charge on any atom is -0.453 e. The molecular formula is C18H31N3O3. The van der Waals surface area contributed by atoms with Crippen molar-refractivity contribution in [3.8, 4) is 0 Å². The minimum absolute atomic E-state index is 0.0236. The number of nitrogens with one attached hydrogen (secondary N) is 2. The Hall–Kier alpha value is -1.30. The lowest BCUT2D eigenvalue weighted by Gasteiger charge is -2.48. The second-order valence-electron chi connectivity index (χ2n) is 8.03. The number of hydrogen-bond donors (Lipinski definition) is 2. The largest absolute Gasteiger partial charge is 0.453 e. The summed E-state index contributed by atoms with van der Waals surface area (Å²) in [6.45, 7) is 6.11. The number of carbonyl (C=O) groups is 2. The summed E-state index contributed by atoms with van der Waals surface area (Å²) < 4.78 is 4.66. The fourth-order valence-electron chi connectivity index (χ4n) is 4.42. The number of likely N-dealkylation sites (tertiary alicyclic amines) is 1. The number of alkyl carbamates (subject to hydrolysis) is 1. The third-order valence-electron chi connectivity index (χ3n) is 5.88. The van der Waals surface area contributed by atoms with Gasteiger partial charge >= 0.3 is 6.09 Å². The van der Waals surface area contributed by atoms with Crippen LogP contribution in [0, 0.1) is 17.8 Å². The number of carbonyl (C=O) groups excluding carboxylic acids is 2. The second kappa shape index (κ2) is 7.30. The zero-order valence-electron chi connectivity index (χ0n) is 15.1. The molecule has 24 heavy (non-hydrogen) atoms. The van der Waals surface area contributed by atoms with E-state index >= 15 is 0 Å². The van der Waals surface area contributed by atoms with Crippen LogP contribution >= 0.6 is 0 Å². The van der Waals surface area contributed by atoms with E-state index in [1.54, 1.807) is 0 Å². The number of ether oxygens (including phenoxy) is 1. The summed E-state index contributed by atoms with van der Waals surface area (Å²) in [5.74, 6) is 1.05. The Balaban J connectivity index is 1.63. The Morgan fingerprint density at radius 1 is 1.08 bits per heavy atom. The van der Waals surface area contributed by atoms with Gasteiger partial charge in [0.1, 0.15) is 6.04 Å². The summed E-state index contributed by atoms with van der Waals surface area (Å²) in [6.07, 6.45) is 5.80. The molecule has 0 radical (unpaired) electrons. The number of fused-ring (bicyclic) bond motifs is 2. The fourth-order valence-corrected chi connectivity index (χ4v) is 4.42. The van der Waals surface area contributed by atoms with Crippen LogP contribution in [0.1, 0.15) is 46.0 Å². The molecule has 0 aromatic carbocycles. The standard InChI is InChI=1S/C18H31N3O3/c1-11(2)15(20-18(23)24-3)17(22)19-16-12-5-4-6-13(16)10-21(9-12)14-7-8-14/h11-16H,4-10H2,1-3H3,(H,19,22)(H,20,23)/t12?,13?,15-,16?/m0/s1. The molecule has 3 fully saturated rings. The van der Waals surface area contributed by atoms with Crippen molar-refractivity contribution >= 4 is 12.0 Å². The van der Waals surface area contributed by atoms with E-state index in [1.165, 1.54) is 39.2 Å². The summed E-state index contributed by atoms with van der Waals surface area (Å²) in [5, 5.41) is 5.95. The molecule has 3 atom stereocenters. The lowest BCUT2D eigenvalue weighted by molar-refractivity contribution is -0.126. The second-order valence-corrected chi connectivity index (χ2v) is 8.03. The van der Waals surface area contributed by atoms with Crippen molar-refractivity contribution in [2.45, 2.75) is 64.1 Å². The van der Waals surface area contributed by atoms with Crippen LogP contribution in [0.15, 0.2) is 0 Å². The van der Waals surface area contributed by atoms with Gasteiger partial charge in [0.15, 0.2) is 0 Å². The van der Waals surface area contributed by atoms with Crippen molar-refractivity contribution in [3.63, 3.8) is 0 Å². The third-order valence-corrected chi connectivity index (χ3v) is 5.88. The Bertz CT molecular complexity index is 464. The predicted molar refractivity (Wildman–Crippen MR) is 91.5 cm³/mol. The maximum absolute atomic E-state index is 12.8. The number of hydrogen-bond acceptors (Lipinski definition) is 4. The van der Waals surface area contributed by atoms with Gasteiger partial charge in [-0.25, -0.2) is 4.79 Å². The average Bonchev–Trinajstić information content (AvgIpc) is 3.36. The quantitative estimate of drug-likeness (QED) is 0.802. The summed E-state index contributed by atoms with van der Waals surface area (Å²) >= 11 is 0. The zero-order chi connectivity index (χ0) is 17.3. The first kappa shape index (κ1) is 17.5. The van der Waals surface area contributed by atoms with Gasteiger partial charge in [0, 0.05) is 25.2 Å². The molecule has 136 valence electrons. The van der Waals surface area contributed by atoms with Crippen LogP contribution in [0.2, 0.25) is 0 Å². The summed E-state index contributed by atoms with van der Waals surface area (Å²) in [5.41, 5.74) is 0. The first-order valence-electron chi connectivity index (χ1n) is 9.38. The molecule has 0 aromatic heterocycles. The zero-order valence-corrected chi connectivity index (χ0v) is 15.1. The molecule has 2 aliphatic carbocycles. The van der Waals surface area contributed by atoms with E-state index in [-0.39, 0.29) is 17.9 Å². The SMILES string of the molecule is COC(=O)N[C@H](C(=O)NC1C2CCCC1CN(C1CC1)C2)C(C)C. The van der Waals surface area contributed by atoms with Crippen molar-refractivity contribution in [1.82, 2.24) is 15.5 Å². The number of piperidine rings is 1. The van der Waals surface area contributed by atoms with Gasteiger partial charge in [-0.2, -0.15) is 0 Å². The smallest absolute Gasteiger partial charge is 0.407 e. The molecule has 6 heteroatoms. The number of rotatable bonds is 5. The van der Waals surface area contributed by atoms with Crippen LogP contribution in [0.25, 0.3) is 0 Å². The molecule has 0 spiro atoms. The van der Waals surface area contributed by atoms with E-state index in [0.717, 1.165) is 19.1 Å². The molecule has 2 bridgehead atoms. The van der Waals surface area contributed by atoms with Crippen LogP contribution < -0.4 is 10.6 Å². The molecule has 2 unspecified atom stereocenters. The van der Waals surface area contributed by atoms with Crippen LogP contribution in [0.5, 0.6) is 0 Å². The Kier molecular flexibility index (Phi) is 5.33. The molecule has 1 heterocycles. The lowest BCUT2D eigenvalue weighted by atomic mass is 9.73. The van der Waals surface area contributed by atoms with Crippen LogP contribution in [-0.2, 0) is 9.53 Å². The summed E-state index contributed by atoms with van der Waals surface area (Å²) in [4.78, 5) is 26.9. The van der Waals surface area contributed by atoms with Crippen LogP contribution in [0.3, 0.4) is 0 Å². The van der Waals surface area contributed by atoms with E-state index in [0.29, 0.717) is 11.8 Å². The molecule has 1 aliphatic heterocycles. The topological polar surface area (TPSA) is 70.7 Å². The van der Waals surface area contributed by atoms with Crippen molar-refractivity contribution in [2.24, 2.45) is 17.8 Å². The van der Waals surface area contributed by atoms with Crippen molar-refractivity contribution in [1.29, 1.82) is 0 Å². The fraction of sp³-hybridized carbons (Fsp3) is 0.889. The van der Waals surface area contributed by atoms with Gasteiger partial charge in [-0.15, -0.1) is 0 Å².